The zero-order valence-corrected chi connectivity index (χ0v) is 34.0. The second-order valence-corrected chi connectivity index (χ2v) is 16.9. The maximum absolute atomic E-state index is 5.26. The normalized spacial score (nSPS) is 12.9. The lowest BCUT2D eigenvalue weighted by molar-refractivity contribution is 0.661. The summed E-state index contributed by atoms with van der Waals surface area (Å²) in [6.07, 6.45) is 0. The fourth-order valence-corrected chi connectivity index (χ4v) is 9.93. The van der Waals surface area contributed by atoms with Gasteiger partial charge in [0.15, 0.2) is 5.82 Å². The molecule has 0 aliphatic heterocycles. The van der Waals surface area contributed by atoms with Gasteiger partial charge in [0, 0.05) is 22.1 Å². The van der Waals surface area contributed by atoms with E-state index in [4.69, 9.17) is 9.97 Å². The number of hydrogen-bond acceptors (Lipinski definition) is 2. The molecule has 0 fully saturated rings. The van der Waals surface area contributed by atoms with Crippen molar-refractivity contribution in [1.29, 1.82) is 0 Å². The highest BCUT2D eigenvalue weighted by Crippen LogP contribution is 2.51. The van der Waals surface area contributed by atoms with Gasteiger partial charge in [-0.25, -0.2) is 9.97 Å². The minimum Gasteiger partial charge on any atom is -0.228 e. The summed E-state index contributed by atoms with van der Waals surface area (Å²) in [5.74, 6) is 0.711. The molecule has 2 nitrogen and oxygen atoms in total. The predicted molar refractivity (Wildman–Crippen MR) is 257 cm³/mol. The van der Waals surface area contributed by atoms with Gasteiger partial charge in [0.2, 0.25) is 0 Å². The first-order chi connectivity index (χ1) is 30.0. The molecule has 286 valence electrons. The van der Waals surface area contributed by atoms with E-state index in [-0.39, 0.29) is 5.41 Å². The molecule has 2 heteroatoms. The van der Waals surface area contributed by atoms with E-state index in [0.717, 1.165) is 33.5 Å². The van der Waals surface area contributed by atoms with Gasteiger partial charge >= 0.3 is 0 Å². The molecular weight excluding hydrogens is 737 g/mol. The Labute approximate surface area is 355 Å². The van der Waals surface area contributed by atoms with Gasteiger partial charge in [-0.2, -0.15) is 0 Å². The van der Waals surface area contributed by atoms with Gasteiger partial charge in [0.05, 0.1) is 11.4 Å². The van der Waals surface area contributed by atoms with Gasteiger partial charge in [-0.1, -0.05) is 190 Å². The van der Waals surface area contributed by atoms with E-state index >= 15 is 0 Å². The van der Waals surface area contributed by atoms with Crippen LogP contribution in [0.25, 0.3) is 110 Å². The Balaban J connectivity index is 0.988. The van der Waals surface area contributed by atoms with E-state index < -0.39 is 0 Å². The van der Waals surface area contributed by atoms with Crippen molar-refractivity contribution in [2.24, 2.45) is 0 Å². The van der Waals surface area contributed by atoms with Crippen LogP contribution in [0, 0.1) is 0 Å². The number of nitrogens with zero attached hydrogens (tertiary/aromatic N) is 2. The highest BCUT2D eigenvalue weighted by molar-refractivity contribution is 6.12. The fraction of sp³-hybridized carbons (Fsp3) is 0.0508. The number of benzene rings is 10. The van der Waals surface area contributed by atoms with E-state index in [2.05, 4.69) is 202 Å². The Morgan fingerprint density at radius 2 is 0.787 bits per heavy atom. The van der Waals surface area contributed by atoms with E-state index in [1.165, 1.54) is 82.2 Å². The van der Waals surface area contributed by atoms with Crippen LogP contribution < -0.4 is 0 Å². The third-order valence-corrected chi connectivity index (χ3v) is 13.1. The highest BCUT2D eigenvalue weighted by Gasteiger charge is 2.36. The van der Waals surface area contributed by atoms with Crippen LogP contribution in [-0.4, -0.2) is 9.97 Å². The molecule has 0 bridgehead atoms. The van der Waals surface area contributed by atoms with Crippen LogP contribution in [0.4, 0.5) is 0 Å². The summed E-state index contributed by atoms with van der Waals surface area (Å²) in [6, 6.07) is 75.0. The third kappa shape index (κ3) is 5.71. The lowest BCUT2D eigenvalue weighted by atomic mass is 9.80. The summed E-state index contributed by atoms with van der Waals surface area (Å²) in [7, 11) is 0. The molecule has 0 radical (unpaired) electrons. The van der Waals surface area contributed by atoms with Crippen LogP contribution in [0.5, 0.6) is 0 Å². The summed E-state index contributed by atoms with van der Waals surface area (Å²) in [6.45, 7) is 4.75. The van der Waals surface area contributed by atoms with Crippen molar-refractivity contribution in [3.63, 3.8) is 0 Å². The summed E-state index contributed by atoms with van der Waals surface area (Å²) in [4.78, 5) is 10.4. The maximum atomic E-state index is 5.26. The first-order valence-corrected chi connectivity index (χ1v) is 21.1. The molecule has 1 aromatic heterocycles. The number of hydrogen-bond donors (Lipinski definition) is 0. The van der Waals surface area contributed by atoms with Crippen molar-refractivity contribution < 1.29 is 0 Å². The lowest BCUT2D eigenvalue weighted by Gasteiger charge is -2.22. The average molecular weight is 777 g/mol. The van der Waals surface area contributed by atoms with Gasteiger partial charge in [-0.3, -0.25) is 0 Å². The zero-order valence-electron chi connectivity index (χ0n) is 34.0. The van der Waals surface area contributed by atoms with Crippen molar-refractivity contribution in [1.82, 2.24) is 9.97 Å². The van der Waals surface area contributed by atoms with E-state index in [1.54, 1.807) is 0 Å². The Bertz CT molecular complexity index is 3560. The Kier molecular flexibility index (Phi) is 7.92. The number of fused-ring (bicyclic) bond motifs is 7. The molecule has 0 spiro atoms. The second kappa shape index (κ2) is 13.7. The van der Waals surface area contributed by atoms with Crippen molar-refractivity contribution in [2.75, 3.05) is 0 Å². The largest absolute Gasteiger partial charge is 0.228 e. The Morgan fingerprint density at radius 3 is 1.49 bits per heavy atom. The number of rotatable bonds is 5. The molecule has 0 amide bonds. The molecule has 61 heavy (non-hydrogen) atoms. The fourth-order valence-electron chi connectivity index (χ4n) is 9.93. The predicted octanol–water partition coefficient (Wildman–Crippen LogP) is 15.7. The molecular formula is C59H40N2. The Hall–Kier alpha value is -7.68. The smallest absolute Gasteiger partial charge is 0.160 e. The molecule has 0 atom stereocenters. The molecule has 0 N–H and O–H groups in total. The van der Waals surface area contributed by atoms with Gasteiger partial charge in [-0.15, -0.1) is 0 Å². The van der Waals surface area contributed by atoms with Crippen molar-refractivity contribution in [2.45, 2.75) is 19.3 Å². The summed E-state index contributed by atoms with van der Waals surface area (Å²) >= 11 is 0. The molecule has 1 aliphatic rings. The SMILES string of the molecule is CC1(C)c2cc(-c3ccc(-c4ccc(-c5cc(-c6ccc7ccccc7c6)nc(-c6ccccc6)n5)c5ccccc45)c4ccccc34)ccc2-c2cc3ccccc3cc21. The van der Waals surface area contributed by atoms with Gasteiger partial charge in [0.1, 0.15) is 0 Å². The van der Waals surface area contributed by atoms with Crippen molar-refractivity contribution >= 4 is 43.1 Å². The van der Waals surface area contributed by atoms with Crippen LogP contribution in [0.15, 0.2) is 206 Å². The second-order valence-electron chi connectivity index (χ2n) is 16.9. The monoisotopic (exact) mass is 776 g/mol. The summed E-state index contributed by atoms with van der Waals surface area (Å²) in [5, 5.41) is 9.81. The topological polar surface area (TPSA) is 25.8 Å². The average Bonchev–Trinajstić information content (AvgIpc) is 3.54. The van der Waals surface area contributed by atoms with Crippen molar-refractivity contribution in [3.05, 3.63) is 217 Å². The first-order valence-electron chi connectivity index (χ1n) is 21.1. The molecule has 0 unspecified atom stereocenters. The molecule has 0 saturated heterocycles. The van der Waals surface area contributed by atoms with Gasteiger partial charge in [0.25, 0.3) is 0 Å². The van der Waals surface area contributed by atoms with Crippen LogP contribution in [0.3, 0.4) is 0 Å². The molecule has 1 heterocycles. The highest BCUT2D eigenvalue weighted by atomic mass is 14.9. The number of aromatic nitrogens is 2. The maximum Gasteiger partial charge on any atom is 0.160 e. The first kappa shape index (κ1) is 35.3. The van der Waals surface area contributed by atoms with E-state index in [1.807, 2.05) is 18.2 Å². The van der Waals surface area contributed by atoms with Gasteiger partial charge in [-0.05, 0) is 118 Å². The molecule has 12 rings (SSSR count). The molecule has 10 aromatic carbocycles. The van der Waals surface area contributed by atoms with E-state index in [0.29, 0.717) is 5.82 Å². The molecule has 11 aromatic rings. The van der Waals surface area contributed by atoms with E-state index in [9.17, 15) is 0 Å². The quantitative estimate of drug-likeness (QED) is 0.174. The van der Waals surface area contributed by atoms with Crippen LogP contribution >= 0.6 is 0 Å². The molecule has 1 aliphatic carbocycles. The molecule has 0 saturated carbocycles. The minimum absolute atomic E-state index is 0.108. The zero-order chi connectivity index (χ0) is 40.7. The standard InChI is InChI=1S/C59H40N2/c1-59(2)54-35-42(26-27-51(54)53-33-40-18-8-9-19-41(40)34-55(53)59)44-28-29-49(46-21-11-10-20-45(44)46)50-30-31-52(48-23-13-12-22-47(48)50)57-36-56(60-58(61-57)38-15-4-3-5-16-38)43-25-24-37-14-6-7-17-39(37)32-43/h3-36H,1-2H3. The third-order valence-electron chi connectivity index (χ3n) is 13.1. The Morgan fingerprint density at radius 1 is 0.295 bits per heavy atom. The summed E-state index contributed by atoms with van der Waals surface area (Å²) in [5.41, 5.74) is 15.2. The minimum atomic E-state index is -0.108. The van der Waals surface area contributed by atoms with Crippen LogP contribution in [0.2, 0.25) is 0 Å². The lowest BCUT2D eigenvalue weighted by Crippen LogP contribution is -2.15. The van der Waals surface area contributed by atoms with Crippen LogP contribution in [0.1, 0.15) is 25.0 Å². The van der Waals surface area contributed by atoms with Crippen LogP contribution in [-0.2, 0) is 5.41 Å². The van der Waals surface area contributed by atoms with Gasteiger partial charge < -0.3 is 0 Å². The summed E-state index contributed by atoms with van der Waals surface area (Å²) < 4.78 is 0. The van der Waals surface area contributed by atoms with Crippen molar-refractivity contribution in [3.8, 4) is 67.3 Å².